The Labute approximate surface area is 116 Å². The van der Waals surface area contributed by atoms with Crippen LogP contribution in [0.1, 0.15) is 27.4 Å². The number of aromatic nitrogens is 1. The van der Waals surface area contributed by atoms with Gasteiger partial charge in [0.2, 0.25) is 0 Å². The third-order valence-corrected chi connectivity index (χ3v) is 3.06. The smallest absolute Gasteiger partial charge is 0.255 e. The normalized spacial score (nSPS) is 10.3. The molecule has 6 nitrogen and oxygen atoms in total. The van der Waals surface area contributed by atoms with Crippen molar-refractivity contribution in [2.45, 2.75) is 20.4 Å². The lowest BCUT2D eigenvalue weighted by molar-refractivity contribution is 0.0947. The highest BCUT2D eigenvalue weighted by Crippen LogP contribution is 2.23. The Morgan fingerprint density at radius 2 is 2.20 bits per heavy atom. The van der Waals surface area contributed by atoms with Gasteiger partial charge < -0.3 is 19.7 Å². The summed E-state index contributed by atoms with van der Waals surface area (Å²) in [6.45, 7) is 3.88. The molecule has 2 N–H and O–H groups in total. The molecule has 0 aliphatic rings. The molecule has 0 unspecified atom stereocenters. The summed E-state index contributed by atoms with van der Waals surface area (Å²) in [5, 5.41) is 16.3. The third kappa shape index (κ3) is 2.74. The number of amides is 1. The van der Waals surface area contributed by atoms with E-state index in [1.54, 1.807) is 19.9 Å². The van der Waals surface area contributed by atoms with Gasteiger partial charge in [0, 0.05) is 12.1 Å². The highest BCUT2D eigenvalue weighted by atomic mass is 16.5. The number of benzene rings is 1. The Morgan fingerprint density at radius 3 is 2.80 bits per heavy atom. The molecule has 2 aromatic rings. The summed E-state index contributed by atoms with van der Waals surface area (Å²) in [5.41, 5.74) is 1.73. The quantitative estimate of drug-likeness (QED) is 0.891. The summed E-state index contributed by atoms with van der Waals surface area (Å²) < 4.78 is 10.1. The Balaban J connectivity index is 2.13. The fourth-order valence-corrected chi connectivity index (χ4v) is 1.84. The van der Waals surface area contributed by atoms with Gasteiger partial charge in [0.25, 0.3) is 5.91 Å². The second kappa shape index (κ2) is 5.64. The summed E-state index contributed by atoms with van der Waals surface area (Å²) in [4.78, 5) is 12.1. The zero-order valence-corrected chi connectivity index (χ0v) is 11.6. The number of rotatable bonds is 4. The van der Waals surface area contributed by atoms with Gasteiger partial charge in [-0.05, 0) is 32.0 Å². The van der Waals surface area contributed by atoms with E-state index in [0.29, 0.717) is 11.5 Å². The number of hydrogen-bond acceptors (Lipinski definition) is 5. The lowest BCUT2D eigenvalue weighted by Gasteiger charge is -2.08. The molecule has 0 fully saturated rings. The van der Waals surface area contributed by atoms with Crippen LogP contribution in [0.15, 0.2) is 22.7 Å². The fraction of sp³-hybridized carbons (Fsp3) is 0.286. The van der Waals surface area contributed by atoms with Crippen molar-refractivity contribution in [1.29, 1.82) is 0 Å². The number of phenolic OH excluding ortho intramolecular Hbond substituents is 1. The van der Waals surface area contributed by atoms with Crippen molar-refractivity contribution >= 4 is 5.91 Å². The van der Waals surface area contributed by atoms with Crippen LogP contribution in [0, 0.1) is 13.8 Å². The summed E-state index contributed by atoms with van der Waals surface area (Å²) in [6.07, 6.45) is 0. The number of phenols is 1. The van der Waals surface area contributed by atoms with Crippen LogP contribution in [0.3, 0.4) is 0 Å². The van der Waals surface area contributed by atoms with Crippen molar-refractivity contribution < 1.29 is 19.2 Å². The number of hydrogen-bond donors (Lipinski definition) is 2. The van der Waals surface area contributed by atoms with E-state index in [-0.39, 0.29) is 23.8 Å². The van der Waals surface area contributed by atoms with Crippen molar-refractivity contribution in [3.63, 3.8) is 0 Å². The van der Waals surface area contributed by atoms with E-state index in [4.69, 9.17) is 9.26 Å². The molecule has 0 aliphatic carbocycles. The summed E-state index contributed by atoms with van der Waals surface area (Å²) in [6, 6.07) is 4.49. The maximum atomic E-state index is 12.1. The molecule has 0 aliphatic heterocycles. The highest BCUT2D eigenvalue weighted by molar-refractivity contribution is 5.97. The number of ether oxygens (including phenoxy) is 1. The second-order valence-corrected chi connectivity index (χ2v) is 4.37. The van der Waals surface area contributed by atoms with Gasteiger partial charge in [-0.1, -0.05) is 5.16 Å². The molecule has 0 bridgehead atoms. The van der Waals surface area contributed by atoms with E-state index in [9.17, 15) is 9.90 Å². The summed E-state index contributed by atoms with van der Waals surface area (Å²) in [7, 11) is 1.50. The minimum atomic E-state index is -0.388. The standard InChI is InChI=1S/C14H16N2O4/c1-8-12(9(2)20-16-8)7-15-14(18)11-6-10(19-3)4-5-13(11)17/h4-6,17H,7H2,1-3H3,(H,15,18). The molecule has 2 rings (SSSR count). The average Bonchev–Trinajstić information content (AvgIpc) is 2.76. The molecule has 0 atom stereocenters. The van der Waals surface area contributed by atoms with Gasteiger partial charge in [-0.25, -0.2) is 0 Å². The monoisotopic (exact) mass is 276 g/mol. The molecule has 106 valence electrons. The van der Waals surface area contributed by atoms with Crippen LogP contribution >= 0.6 is 0 Å². The lowest BCUT2D eigenvalue weighted by atomic mass is 10.1. The third-order valence-electron chi connectivity index (χ3n) is 3.06. The van der Waals surface area contributed by atoms with Crippen molar-refractivity contribution in [3.8, 4) is 11.5 Å². The van der Waals surface area contributed by atoms with Crippen molar-refractivity contribution in [3.05, 3.63) is 40.8 Å². The van der Waals surface area contributed by atoms with Crippen LogP contribution in [0.25, 0.3) is 0 Å². The minimum absolute atomic E-state index is 0.0953. The van der Waals surface area contributed by atoms with E-state index >= 15 is 0 Å². The molecule has 0 saturated heterocycles. The Hall–Kier alpha value is -2.50. The van der Waals surface area contributed by atoms with Crippen LogP contribution < -0.4 is 10.1 Å². The topological polar surface area (TPSA) is 84.6 Å². The van der Waals surface area contributed by atoms with Crippen LogP contribution in [0.4, 0.5) is 0 Å². The first-order chi connectivity index (χ1) is 9.52. The predicted molar refractivity (Wildman–Crippen MR) is 71.8 cm³/mol. The molecule has 0 spiro atoms. The van der Waals surface area contributed by atoms with E-state index in [2.05, 4.69) is 10.5 Å². The first kappa shape index (κ1) is 13.9. The lowest BCUT2D eigenvalue weighted by Crippen LogP contribution is -2.23. The molecule has 0 saturated carbocycles. The molecular formula is C14H16N2O4. The highest BCUT2D eigenvalue weighted by Gasteiger charge is 2.14. The van der Waals surface area contributed by atoms with Gasteiger partial charge in [0.15, 0.2) is 0 Å². The van der Waals surface area contributed by atoms with E-state index < -0.39 is 0 Å². The van der Waals surface area contributed by atoms with Crippen molar-refractivity contribution in [2.24, 2.45) is 0 Å². The summed E-state index contributed by atoms with van der Waals surface area (Å²) >= 11 is 0. The first-order valence-electron chi connectivity index (χ1n) is 6.10. The molecule has 1 amide bonds. The largest absolute Gasteiger partial charge is 0.507 e. The van der Waals surface area contributed by atoms with Crippen molar-refractivity contribution in [1.82, 2.24) is 10.5 Å². The maximum absolute atomic E-state index is 12.1. The molecule has 1 aromatic carbocycles. The van der Waals surface area contributed by atoms with Gasteiger partial charge in [0.1, 0.15) is 17.3 Å². The first-order valence-corrected chi connectivity index (χ1v) is 6.10. The molecule has 0 radical (unpaired) electrons. The average molecular weight is 276 g/mol. The number of methoxy groups -OCH3 is 1. The molecule has 1 heterocycles. The number of aryl methyl sites for hydroxylation is 2. The summed E-state index contributed by atoms with van der Waals surface area (Å²) in [5.74, 6) is 0.686. The minimum Gasteiger partial charge on any atom is -0.507 e. The number of aromatic hydroxyl groups is 1. The van der Waals surface area contributed by atoms with Crippen LogP contribution in [-0.4, -0.2) is 23.3 Å². The zero-order valence-electron chi connectivity index (χ0n) is 11.6. The van der Waals surface area contributed by atoms with Crippen LogP contribution in [0.2, 0.25) is 0 Å². The second-order valence-electron chi connectivity index (χ2n) is 4.37. The Morgan fingerprint density at radius 1 is 1.45 bits per heavy atom. The van der Waals surface area contributed by atoms with E-state index in [1.807, 2.05) is 0 Å². The van der Waals surface area contributed by atoms with E-state index in [0.717, 1.165) is 11.3 Å². The van der Waals surface area contributed by atoms with Gasteiger partial charge in [0.05, 0.1) is 18.4 Å². The van der Waals surface area contributed by atoms with Crippen LogP contribution in [-0.2, 0) is 6.54 Å². The number of carbonyl (C=O) groups is 1. The van der Waals surface area contributed by atoms with Gasteiger partial charge in [-0.15, -0.1) is 0 Å². The Kier molecular flexibility index (Phi) is 3.93. The number of nitrogens with one attached hydrogen (secondary N) is 1. The van der Waals surface area contributed by atoms with E-state index in [1.165, 1.54) is 19.2 Å². The fourth-order valence-electron chi connectivity index (χ4n) is 1.84. The van der Waals surface area contributed by atoms with Crippen molar-refractivity contribution in [2.75, 3.05) is 7.11 Å². The van der Waals surface area contributed by atoms with Gasteiger partial charge in [-0.3, -0.25) is 4.79 Å². The molecule has 6 heteroatoms. The maximum Gasteiger partial charge on any atom is 0.255 e. The molecule has 1 aromatic heterocycles. The predicted octanol–water partition coefficient (Wildman–Crippen LogP) is 1.94. The molecular weight excluding hydrogens is 260 g/mol. The molecule has 20 heavy (non-hydrogen) atoms. The number of nitrogens with zero attached hydrogens (tertiary/aromatic N) is 1. The van der Waals surface area contributed by atoms with Gasteiger partial charge >= 0.3 is 0 Å². The zero-order chi connectivity index (χ0) is 14.7. The number of carbonyl (C=O) groups excluding carboxylic acids is 1. The van der Waals surface area contributed by atoms with Crippen LogP contribution in [0.5, 0.6) is 11.5 Å². The SMILES string of the molecule is COc1ccc(O)c(C(=O)NCc2c(C)noc2C)c1. The van der Waals surface area contributed by atoms with Gasteiger partial charge in [-0.2, -0.15) is 0 Å². The Bertz CT molecular complexity index is 615.